The van der Waals surface area contributed by atoms with Gasteiger partial charge in [-0.3, -0.25) is 9.69 Å². The third-order valence-corrected chi connectivity index (χ3v) is 5.89. The molecule has 5 rings (SSSR count). The Bertz CT molecular complexity index is 1050. The Morgan fingerprint density at radius 3 is 2.67 bits per heavy atom. The van der Waals surface area contributed by atoms with Crippen LogP contribution in [0.4, 0.5) is 0 Å². The minimum Gasteiger partial charge on any atom is -0.507 e. The smallest absolute Gasteiger partial charge is 0.232 e. The summed E-state index contributed by atoms with van der Waals surface area (Å²) in [6.45, 7) is 6.34. The predicted octanol–water partition coefficient (Wildman–Crippen LogP) is 2.79. The van der Waals surface area contributed by atoms with Crippen molar-refractivity contribution in [3.05, 3.63) is 52.3 Å². The summed E-state index contributed by atoms with van der Waals surface area (Å²) < 4.78 is 16.8. The van der Waals surface area contributed by atoms with Crippen molar-refractivity contribution in [3.63, 3.8) is 0 Å². The molecule has 156 valence electrons. The van der Waals surface area contributed by atoms with Crippen molar-refractivity contribution in [1.82, 2.24) is 9.80 Å². The molecule has 30 heavy (non-hydrogen) atoms. The number of aromatic hydroxyl groups is 1. The first kappa shape index (κ1) is 19.0. The summed E-state index contributed by atoms with van der Waals surface area (Å²) in [5.74, 6) is 2.06. The summed E-state index contributed by atoms with van der Waals surface area (Å²) in [6, 6.07) is 7.16. The zero-order valence-corrected chi connectivity index (χ0v) is 17.1. The molecule has 1 saturated heterocycles. The largest absolute Gasteiger partial charge is 0.507 e. The number of phenols is 1. The molecule has 7 heteroatoms. The van der Waals surface area contributed by atoms with E-state index in [0.717, 1.165) is 31.7 Å². The van der Waals surface area contributed by atoms with Gasteiger partial charge in [0.25, 0.3) is 0 Å². The maximum atomic E-state index is 13.1. The zero-order valence-electron chi connectivity index (χ0n) is 17.1. The molecular weight excluding hydrogens is 384 g/mol. The van der Waals surface area contributed by atoms with Crippen LogP contribution in [0, 0.1) is 6.92 Å². The first-order valence-corrected chi connectivity index (χ1v) is 10.1. The molecule has 3 heterocycles. The van der Waals surface area contributed by atoms with Crippen LogP contribution in [-0.2, 0) is 6.54 Å². The number of carbonyl (C=O) groups is 1. The highest BCUT2D eigenvalue weighted by atomic mass is 16.7. The Morgan fingerprint density at radius 1 is 1.10 bits per heavy atom. The van der Waals surface area contributed by atoms with Crippen LogP contribution in [-0.4, -0.2) is 60.7 Å². The van der Waals surface area contributed by atoms with Crippen molar-refractivity contribution in [2.75, 3.05) is 40.0 Å². The number of ether oxygens (including phenoxy) is 3. The van der Waals surface area contributed by atoms with Gasteiger partial charge < -0.3 is 24.2 Å². The van der Waals surface area contributed by atoms with Gasteiger partial charge in [0.1, 0.15) is 11.5 Å². The van der Waals surface area contributed by atoms with Gasteiger partial charge in [-0.1, -0.05) is 6.07 Å². The molecule has 0 bridgehead atoms. The fourth-order valence-electron chi connectivity index (χ4n) is 4.12. The zero-order chi connectivity index (χ0) is 20.8. The van der Waals surface area contributed by atoms with Crippen LogP contribution in [0.15, 0.2) is 30.0 Å². The second-order valence-electron chi connectivity index (χ2n) is 8.03. The normalized spacial score (nSPS) is 19.9. The minimum absolute atomic E-state index is 0.167. The quantitative estimate of drug-likeness (QED) is 0.783. The van der Waals surface area contributed by atoms with Crippen LogP contribution in [0.2, 0.25) is 0 Å². The highest BCUT2D eigenvalue weighted by molar-refractivity contribution is 6.15. The molecule has 0 unspecified atom stereocenters. The number of allylic oxidation sites excluding steroid dienone is 1. The number of hydrogen-bond acceptors (Lipinski definition) is 7. The molecule has 1 fully saturated rings. The summed E-state index contributed by atoms with van der Waals surface area (Å²) in [4.78, 5) is 17.7. The minimum atomic E-state index is -0.167. The molecular formula is C23H24N2O5. The summed E-state index contributed by atoms with van der Waals surface area (Å²) in [5, 5.41) is 10.6. The number of piperazine rings is 1. The lowest BCUT2D eigenvalue weighted by atomic mass is 9.99. The van der Waals surface area contributed by atoms with Crippen LogP contribution in [0.1, 0.15) is 27.0 Å². The number of nitrogens with zero attached hydrogens (tertiary/aromatic N) is 2. The number of ketones is 1. The number of aryl methyl sites for hydroxylation is 1. The lowest BCUT2D eigenvalue weighted by Gasteiger charge is -2.32. The van der Waals surface area contributed by atoms with Gasteiger partial charge in [0.2, 0.25) is 12.6 Å². The van der Waals surface area contributed by atoms with E-state index >= 15 is 0 Å². The van der Waals surface area contributed by atoms with Crippen molar-refractivity contribution in [2.24, 2.45) is 0 Å². The fourth-order valence-corrected chi connectivity index (χ4v) is 4.12. The molecule has 0 amide bonds. The van der Waals surface area contributed by atoms with E-state index in [9.17, 15) is 9.90 Å². The summed E-state index contributed by atoms with van der Waals surface area (Å²) in [7, 11) is 2.10. The molecule has 0 aliphatic carbocycles. The molecule has 1 N–H and O–H groups in total. The maximum Gasteiger partial charge on any atom is 0.232 e. The molecule has 0 saturated carbocycles. The number of Topliss-reactive ketones (excluding diaryl/α,β-unsaturated/α-hetero) is 1. The number of rotatable bonds is 3. The molecule has 7 nitrogen and oxygen atoms in total. The van der Waals surface area contributed by atoms with Crippen LogP contribution >= 0.6 is 0 Å². The van der Waals surface area contributed by atoms with Crippen LogP contribution in [0.5, 0.6) is 23.0 Å². The molecule has 0 aromatic heterocycles. The standard InChI is InChI=1S/C23H24N2O5/c1-14-9-17(26)16(12-25-7-5-24(2)6-8-25)23-21(14)22(27)20(30-23)11-15-3-4-18-19(10-15)29-13-28-18/h3-4,9-11,26H,5-8,12-13H2,1-2H3/b20-11-. The van der Waals surface area contributed by atoms with Crippen LogP contribution in [0.3, 0.4) is 0 Å². The molecule has 2 aromatic rings. The average molecular weight is 408 g/mol. The lowest BCUT2D eigenvalue weighted by molar-refractivity contribution is 0.101. The third-order valence-electron chi connectivity index (χ3n) is 5.89. The maximum absolute atomic E-state index is 13.1. The second kappa shape index (κ2) is 7.34. The molecule has 0 radical (unpaired) electrons. The van der Waals surface area contributed by atoms with Gasteiger partial charge in [0.15, 0.2) is 17.3 Å². The molecule has 3 aliphatic rings. The van der Waals surface area contributed by atoms with Gasteiger partial charge in [-0.15, -0.1) is 0 Å². The Labute approximate surface area is 175 Å². The number of benzene rings is 2. The SMILES string of the molecule is Cc1cc(O)c(CN2CCN(C)CC2)c2c1C(=O)/C(=C/c1ccc3c(c1)OCO3)O2. The number of fused-ring (bicyclic) bond motifs is 2. The van der Waals surface area contributed by atoms with E-state index in [2.05, 4.69) is 16.8 Å². The number of carbonyl (C=O) groups excluding carboxylic acids is 1. The van der Waals surface area contributed by atoms with Gasteiger partial charge >= 0.3 is 0 Å². The second-order valence-corrected chi connectivity index (χ2v) is 8.03. The van der Waals surface area contributed by atoms with Gasteiger partial charge in [0.05, 0.1) is 11.1 Å². The number of likely N-dealkylation sites (N-methyl/N-ethyl adjacent to an activating group) is 1. The summed E-state index contributed by atoms with van der Waals surface area (Å²) >= 11 is 0. The molecule has 2 aromatic carbocycles. The highest BCUT2D eigenvalue weighted by Crippen LogP contribution is 2.42. The monoisotopic (exact) mass is 408 g/mol. The predicted molar refractivity (Wildman–Crippen MR) is 111 cm³/mol. The van der Waals surface area contributed by atoms with E-state index in [-0.39, 0.29) is 24.1 Å². The molecule has 3 aliphatic heterocycles. The van der Waals surface area contributed by atoms with E-state index < -0.39 is 0 Å². The van der Waals surface area contributed by atoms with E-state index in [1.165, 1.54) is 0 Å². The first-order valence-electron chi connectivity index (χ1n) is 10.1. The van der Waals surface area contributed by atoms with Crippen molar-refractivity contribution < 1.29 is 24.1 Å². The van der Waals surface area contributed by atoms with Crippen molar-refractivity contribution >= 4 is 11.9 Å². The Morgan fingerprint density at radius 2 is 1.87 bits per heavy atom. The highest BCUT2D eigenvalue weighted by Gasteiger charge is 2.34. The van der Waals surface area contributed by atoms with Gasteiger partial charge in [-0.2, -0.15) is 0 Å². The molecule has 0 spiro atoms. The lowest BCUT2D eigenvalue weighted by Crippen LogP contribution is -2.43. The van der Waals surface area contributed by atoms with Crippen LogP contribution < -0.4 is 14.2 Å². The Kier molecular flexibility index (Phi) is 4.64. The van der Waals surface area contributed by atoms with Crippen LogP contribution in [0.25, 0.3) is 6.08 Å². The number of phenolic OH excluding ortho intramolecular Hbond substituents is 1. The average Bonchev–Trinajstić information content (AvgIpc) is 3.31. The fraction of sp³-hybridized carbons (Fsp3) is 0.348. The van der Waals surface area contributed by atoms with Crippen molar-refractivity contribution in [2.45, 2.75) is 13.5 Å². The van der Waals surface area contributed by atoms with Gasteiger partial charge in [-0.05, 0) is 49.4 Å². The van der Waals surface area contributed by atoms with E-state index in [1.54, 1.807) is 12.1 Å². The van der Waals surface area contributed by atoms with E-state index in [1.807, 2.05) is 25.1 Å². The summed E-state index contributed by atoms with van der Waals surface area (Å²) in [6.07, 6.45) is 1.71. The Hall–Kier alpha value is -3.03. The van der Waals surface area contributed by atoms with Gasteiger partial charge in [-0.25, -0.2) is 0 Å². The third kappa shape index (κ3) is 3.30. The number of hydrogen-bond donors (Lipinski definition) is 1. The summed E-state index contributed by atoms with van der Waals surface area (Å²) in [5.41, 5.74) is 2.70. The van der Waals surface area contributed by atoms with Crippen molar-refractivity contribution in [1.29, 1.82) is 0 Å². The molecule has 0 atom stereocenters. The van der Waals surface area contributed by atoms with E-state index in [0.29, 0.717) is 40.5 Å². The Balaban J connectivity index is 1.46. The topological polar surface area (TPSA) is 71.5 Å². The van der Waals surface area contributed by atoms with Crippen molar-refractivity contribution in [3.8, 4) is 23.0 Å². The van der Waals surface area contributed by atoms with E-state index in [4.69, 9.17) is 14.2 Å². The van der Waals surface area contributed by atoms with Gasteiger partial charge in [0, 0.05) is 32.7 Å². The first-order chi connectivity index (χ1) is 14.5.